The lowest BCUT2D eigenvalue weighted by Gasteiger charge is -2.16. The maximum atomic E-state index is 13.3. The Bertz CT molecular complexity index is 661. The average molecular weight is 290 g/mol. The normalized spacial score (nSPS) is 10.2. The summed E-state index contributed by atoms with van der Waals surface area (Å²) in [6.07, 6.45) is 1.67. The van der Waals surface area contributed by atoms with Gasteiger partial charge in [0.1, 0.15) is 17.3 Å². The number of nitro benzene ring substituents is 1. The molecule has 0 bridgehead atoms. The van der Waals surface area contributed by atoms with Crippen molar-refractivity contribution < 1.29 is 9.31 Å². The van der Waals surface area contributed by atoms with Gasteiger partial charge in [-0.05, 0) is 12.1 Å². The van der Waals surface area contributed by atoms with Gasteiger partial charge >= 0.3 is 0 Å². The fraction of sp³-hybridized carbons (Fsp3) is 0.214. The highest BCUT2D eigenvalue weighted by molar-refractivity contribution is 5.62. The van der Waals surface area contributed by atoms with Gasteiger partial charge in [0.05, 0.1) is 4.92 Å². The van der Waals surface area contributed by atoms with Crippen LogP contribution in [0.3, 0.4) is 0 Å². The van der Waals surface area contributed by atoms with Crippen LogP contribution in [0.4, 0.5) is 21.6 Å². The molecule has 0 saturated carbocycles. The van der Waals surface area contributed by atoms with Crippen LogP contribution in [0.15, 0.2) is 36.5 Å². The van der Waals surface area contributed by atoms with E-state index in [9.17, 15) is 14.5 Å². The van der Waals surface area contributed by atoms with Crippen LogP contribution >= 0.6 is 0 Å². The summed E-state index contributed by atoms with van der Waals surface area (Å²) >= 11 is 0. The van der Waals surface area contributed by atoms with Crippen LogP contribution in [0.1, 0.15) is 5.56 Å². The van der Waals surface area contributed by atoms with Crippen LogP contribution < -0.4 is 10.2 Å². The number of rotatable bonds is 5. The molecule has 0 unspecified atom stereocenters. The number of halogens is 1. The number of pyridine rings is 1. The van der Waals surface area contributed by atoms with Crippen LogP contribution in [0.5, 0.6) is 0 Å². The molecule has 0 fully saturated rings. The molecule has 0 atom stereocenters. The standard InChI is InChI=1S/C14H15FN4O2/c1-18(2)14-10(4-3-7-16-14)9-17-12-8-11(15)5-6-13(12)19(20)21/h3-8,17H,9H2,1-2H3. The SMILES string of the molecule is CN(C)c1ncccc1CNc1cc(F)ccc1[N+](=O)[O-]. The summed E-state index contributed by atoms with van der Waals surface area (Å²) in [6.45, 7) is 0.311. The van der Waals surface area contributed by atoms with Gasteiger partial charge in [-0.3, -0.25) is 10.1 Å². The van der Waals surface area contributed by atoms with Gasteiger partial charge in [0, 0.05) is 44.5 Å². The van der Waals surface area contributed by atoms with E-state index in [1.165, 1.54) is 0 Å². The molecule has 1 aromatic carbocycles. The molecule has 0 aliphatic heterocycles. The van der Waals surface area contributed by atoms with Crippen molar-refractivity contribution in [1.29, 1.82) is 0 Å². The third kappa shape index (κ3) is 3.44. The van der Waals surface area contributed by atoms with Gasteiger partial charge in [0.25, 0.3) is 5.69 Å². The summed E-state index contributed by atoms with van der Waals surface area (Å²) in [7, 11) is 3.72. The molecule has 0 radical (unpaired) electrons. The molecule has 1 heterocycles. The van der Waals surface area contributed by atoms with Crippen LogP contribution in [0.25, 0.3) is 0 Å². The lowest BCUT2D eigenvalue weighted by atomic mass is 10.2. The predicted octanol–water partition coefficient (Wildman–Crippen LogP) is 2.81. The van der Waals surface area contributed by atoms with Crippen molar-refractivity contribution in [2.45, 2.75) is 6.54 Å². The van der Waals surface area contributed by atoms with Crippen LogP contribution in [0, 0.1) is 15.9 Å². The van der Waals surface area contributed by atoms with Gasteiger partial charge < -0.3 is 10.2 Å². The van der Waals surface area contributed by atoms with Gasteiger partial charge in [-0.15, -0.1) is 0 Å². The van der Waals surface area contributed by atoms with Crippen LogP contribution in [0.2, 0.25) is 0 Å². The summed E-state index contributed by atoms with van der Waals surface area (Å²) < 4.78 is 13.3. The fourth-order valence-corrected chi connectivity index (χ4v) is 1.97. The molecule has 0 amide bonds. The van der Waals surface area contributed by atoms with Gasteiger partial charge in [-0.1, -0.05) is 6.07 Å². The number of nitrogens with zero attached hydrogens (tertiary/aromatic N) is 3. The van der Waals surface area contributed by atoms with Crippen molar-refractivity contribution >= 4 is 17.2 Å². The zero-order valence-corrected chi connectivity index (χ0v) is 11.7. The van der Waals surface area contributed by atoms with E-state index < -0.39 is 10.7 Å². The molecule has 2 aromatic rings. The zero-order valence-electron chi connectivity index (χ0n) is 11.7. The highest BCUT2D eigenvalue weighted by Crippen LogP contribution is 2.26. The van der Waals surface area contributed by atoms with E-state index in [0.29, 0.717) is 6.54 Å². The molecular formula is C14H15FN4O2. The smallest absolute Gasteiger partial charge is 0.292 e. The minimum Gasteiger partial charge on any atom is -0.375 e. The van der Waals surface area contributed by atoms with E-state index in [4.69, 9.17) is 0 Å². The molecule has 0 aliphatic carbocycles. The number of benzene rings is 1. The number of nitro groups is 1. The summed E-state index contributed by atoms with van der Waals surface area (Å²) in [5, 5.41) is 13.8. The molecule has 7 heteroatoms. The molecule has 0 spiro atoms. The molecule has 0 saturated heterocycles. The average Bonchev–Trinajstić information content (AvgIpc) is 2.45. The molecule has 0 aliphatic rings. The Morgan fingerprint density at radius 2 is 2.14 bits per heavy atom. The van der Waals surface area contributed by atoms with E-state index in [2.05, 4.69) is 10.3 Å². The number of hydrogen-bond acceptors (Lipinski definition) is 5. The minimum atomic E-state index is -0.544. The lowest BCUT2D eigenvalue weighted by Crippen LogP contribution is -2.14. The van der Waals surface area contributed by atoms with Crippen molar-refractivity contribution in [3.05, 3.63) is 58.0 Å². The van der Waals surface area contributed by atoms with E-state index in [1.807, 2.05) is 25.1 Å². The van der Waals surface area contributed by atoms with Crippen molar-refractivity contribution in [2.75, 3.05) is 24.3 Å². The second kappa shape index (κ2) is 6.17. The van der Waals surface area contributed by atoms with Crippen molar-refractivity contribution in [2.24, 2.45) is 0 Å². The topological polar surface area (TPSA) is 71.3 Å². The quantitative estimate of drug-likeness (QED) is 0.677. The molecule has 21 heavy (non-hydrogen) atoms. The third-order valence-corrected chi connectivity index (χ3v) is 2.92. The summed E-state index contributed by atoms with van der Waals surface area (Å²) in [6, 6.07) is 6.97. The van der Waals surface area contributed by atoms with Crippen molar-refractivity contribution in [1.82, 2.24) is 4.98 Å². The highest BCUT2D eigenvalue weighted by Gasteiger charge is 2.15. The van der Waals surface area contributed by atoms with Crippen molar-refractivity contribution in [3.8, 4) is 0 Å². The summed E-state index contributed by atoms with van der Waals surface area (Å²) in [5.74, 6) is 0.228. The van der Waals surface area contributed by atoms with Crippen molar-refractivity contribution in [3.63, 3.8) is 0 Å². The van der Waals surface area contributed by atoms with Crippen LogP contribution in [-0.4, -0.2) is 24.0 Å². The molecular weight excluding hydrogens is 275 g/mol. The lowest BCUT2D eigenvalue weighted by molar-refractivity contribution is -0.384. The maximum Gasteiger partial charge on any atom is 0.292 e. The Hall–Kier alpha value is -2.70. The molecule has 1 aromatic heterocycles. The third-order valence-electron chi connectivity index (χ3n) is 2.92. The zero-order chi connectivity index (χ0) is 15.4. The first kappa shape index (κ1) is 14.7. The largest absolute Gasteiger partial charge is 0.375 e. The highest BCUT2D eigenvalue weighted by atomic mass is 19.1. The summed E-state index contributed by atoms with van der Waals surface area (Å²) in [4.78, 5) is 16.5. The Kier molecular flexibility index (Phi) is 4.32. The molecule has 1 N–H and O–H groups in total. The molecule has 110 valence electrons. The van der Waals surface area contributed by atoms with Gasteiger partial charge in [-0.2, -0.15) is 0 Å². The Balaban J connectivity index is 2.25. The number of anilines is 2. The molecule has 2 rings (SSSR count). The monoisotopic (exact) mass is 290 g/mol. The second-order valence-corrected chi connectivity index (χ2v) is 4.65. The van der Waals surface area contributed by atoms with Gasteiger partial charge in [0.15, 0.2) is 0 Å². The van der Waals surface area contributed by atoms with E-state index >= 15 is 0 Å². The number of aromatic nitrogens is 1. The first-order valence-electron chi connectivity index (χ1n) is 6.28. The van der Waals surface area contributed by atoms with Gasteiger partial charge in [0.2, 0.25) is 0 Å². The van der Waals surface area contributed by atoms with Crippen LogP contribution in [-0.2, 0) is 6.54 Å². The Morgan fingerprint density at radius 1 is 1.38 bits per heavy atom. The van der Waals surface area contributed by atoms with E-state index in [1.54, 1.807) is 12.3 Å². The predicted molar refractivity (Wildman–Crippen MR) is 78.9 cm³/mol. The second-order valence-electron chi connectivity index (χ2n) is 4.65. The fourth-order valence-electron chi connectivity index (χ4n) is 1.97. The van der Waals surface area contributed by atoms with Gasteiger partial charge in [-0.25, -0.2) is 9.37 Å². The number of hydrogen-bond donors (Lipinski definition) is 1. The Labute approximate surface area is 121 Å². The number of nitrogens with one attached hydrogen (secondary N) is 1. The first-order chi connectivity index (χ1) is 9.99. The van der Waals surface area contributed by atoms with E-state index in [0.717, 1.165) is 29.6 Å². The molecule has 6 nitrogen and oxygen atoms in total. The minimum absolute atomic E-state index is 0.147. The summed E-state index contributed by atoms with van der Waals surface area (Å²) in [5.41, 5.74) is 0.848. The van der Waals surface area contributed by atoms with E-state index in [-0.39, 0.29) is 11.4 Å². The Morgan fingerprint density at radius 3 is 2.81 bits per heavy atom. The maximum absolute atomic E-state index is 13.3. The first-order valence-corrected chi connectivity index (χ1v) is 6.28.